The average molecular weight is 604 g/mol. The van der Waals surface area contributed by atoms with E-state index in [1.807, 2.05) is 30.3 Å². The standard InChI is InChI=1S/C21H23ClFNO2.C14H12O3/c22-18-7-5-17(6-8-18)21(26)11-14-24(15-12-21)13-1-2-20(25)16-3-9-19(23)10-4-16;1-17-11-7-8-12(13(15)9-11)14(16)10-5-3-2-4-6-10/h3-10,26H,1-2,11-15H2;2-9,15H,1H3. The van der Waals surface area contributed by atoms with E-state index in [0.717, 1.165) is 31.6 Å². The van der Waals surface area contributed by atoms with Crippen LogP contribution in [0.15, 0.2) is 97.1 Å². The molecule has 2 N–H and O–H groups in total. The van der Waals surface area contributed by atoms with Crippen molar-refractivity contribution in [3.05, 3.63) is 130 Å². The van der Waals surface area contributed by atoms with Crippen LogP contribution in [-0.2, 0) is 5.60 Å². The maximum atomic E-state index is 12.9. The number of hydrogen-bond donors (Lipinski definition) is 2. The first kappa shape index (κ1) is 31.9. The van der Waals surface area contributed by atoms with E-state index in [-0.39, 0.29) is 28.7 Å². The molecule has 1 heterocycles. The number of aliphatic hydroxyl groups is 1. The largest absolute Gasteiger partial charge is 0.507 e. The highest BCUT2D eigenvalue weighted by Crippen LogP contribution is 2.33. The fourth-order valence-corrected chi connectivity index (χ4v) is 5.14. The fourth-order valence-electron chi connectivity index (χ4n) is 5.01. The van der Waals surface area contributed by atoms with Crippen LogP contribution in [0.2, 0.25) is 5.02 Å². The molecule has 4 aromatic carbocycles. The minimum atomic E-state index is -0.801. The number of ketones is 2. The van der Waals surface area contributed by atoms with Crippen LogP contribution < -0.4 is 4.74 Å². The third kappa shape index (κ3) is 8.74. The van der Waals surface area contributed by atoms with Gasteiger partial charge in [0.25, 0.3) is 0 Å². The lowest BCUT2D eigenvalue weighted by atomic mass is 9.84. The molecule has 1 saturated heterocycles. The highest BCUT2D eigenvalue weighted by molar-refractivity contribution is 6.30. The summed E-state index contributed by atoms with van der Waals surface area (Å²) in [5.41, 5.74) is 1.49. The molecule has 0 aliphatic carbocycles. The van der Waals surface area contributed by atoms with E-state index in [1.165, 1.54) is 37.4 Å². The minimum absolute atomic E-state index is 0.0414. The Kier molecular flexibility index (Phi) is 11.1. The number of ether oxygens (including phenoxy) is 1. The summed E-state index contributed by atoms with van der Waals surface area (Å²) < 4.78 is 17.9. The predicted molar refractivity (Wildman–Crippen MR) is 166 cm³/mol. The van der Waals surface area contributed by atoms with Crippen molar-refractivity contribution >= 4 is 23.2 Å². The highest BCUT2D eigenvalue weighted by atomic mass is 35.5. The van der Waals surface area contributed by atoms with Gasteiger partial charge in [0.05, 0.1) is 18.3 Å². The van der Waals surface area contributed by atoms with E-state index in [1.54, 1.807) is 36.4 Å². The zero-order valence-corrected chi connectivity index (χ0v) is 24.8. The number of phenolic OH excluding ortho intramolecular Hbond substituents is 1. The first-order chi connectivity index (χ1) is 20.7. The van der Waals surface area contributed by atoms with Crippen molar-refractivity contribution in [1.82, 2.24) is 4.90 Å². The maximum absolute atomic E-state index is 12.9. The summed E-state index contributed by atoms with van der Waals surface area (Å²) in [6, 6.07) is 26.6. The number of piperidine rings is 1. The summed E-state index contributed by atoms with van der Waals surface area (Å²) in [7, 11) is 1.51. The van der Waals surface area contributed by atoms with Gasteiger partial charge >= 0.3 is 0 Å². The molecule has 224 valence electrons. The van der Waals surface area contributed by atoms with Crippen LogP contribution in [0.5, 0.6) is 11.5 Å². The summed E-state index contributed by atoms with van der Waals surface area (Å²) in [6.07, 6.45) is 2.54. The first-order valence-electron chi connectivity index (χ1n) is 14.1. The van der Waals surface area contributed by atoms with Gasteiger partial charge in [-0.15, -0.1) is 0 Å². The van der Waals surface area contributed by atoms with Crippen LogP contribution in [-0.4, -0.2) is 53.4 Å². The zero-order valence-electron chi connectivity index (χ0n) is 24.0. The van der Waals surface area contributed by atoms with Crippen LogP contribution in [0.25, 0.3) is 0 Å². The molecule has 1 aliphatic heterocycles. The topological polar surface area (TPSA) is 87.1 Å². The van der Waals surface area contributed by atoms with Crippen molar-refractivity contribution in [2.24, 2.45) is 0 Å². The summed E-state index contributed by atoms with van der Waals surface area (Å²) in [5.74, 6) is -0.0428. The third-order valence-corrected chi connectivity index (χ3v) is 7.85. The normalized spacial score (nSPS) is 14.3. The van der Waals surface area contributed by atoms with Gasteiger partial charge in [0, 0.05) is 41.7 Å². The van der Waals surface area contributed by atoms with Gasteiger partial charge in [-0.1, -0.05) is 54.1 Å². The molecule has 0 amide bonds. The molecule has 8 heteroatoms. The SMILES string of the molecule is COc1ccc(C(=O)c2ccccc2)c(O)c1.O=C(CCCN1CCC(O)(c2ccc(Cl)cc2)CC1)c1ccc(F)cc1. The Morgan fingerprint density at radius 2 is 1.56 bits per heavy atom. The lowest BCUT2D eigenvalue weighted by molar-refractivity contribution is -0.0260. The Bertz CT molecular complexity index is 1500. The van der Waals surface area contributed by atoms with Crippen LogP contribution in [0.3, 0.4) is 0 Å². The first-order valence-corrected chi connectivity index (χ1v) is 14.5. The molecule has 1 fully saturated rings. The van der Waals surface area contributed by atoms with Gasteiger partial charge in [-0.2, -0.15) is 0 Å². The Labute approximate surface area is 256 Å². The average Bonchev–Trinajstić information content (AvgIpc) is 3.03. The van der Waals surface area contributed by atoms with Crippen molar-refractivity contribution < 1.29 is 28.9 Å². The van der Waals surface area contributed by atoms with Crippen molar-refractivity contribution in [3.63, 3.8) is 0 Å². The lowest BCUT2D eigenvalue weighted by Gasteiger charge is -2.38. The Balaban J connectivity index is 0.000000215. The second kappa shape index (κ2) is 14.9. The molecular formula is C35H35ClFNO5. The second-order valence-electron chi connectivity index (χ2n) is 10.5. The summed E-state index contributed by atoms with van der Waals surface area (Å²) in [6.45, 7) is 2.41. The number of aromatic hydroxyl groups is 1. The number of benzene rings is 4. The highest BCUT2D eigenvalue weighted by Gasteiger charge is 2.33. The molecule has 5 rings (SSSR count). The predicted octanol–water partition coefficient (Wildman–Crippen LogP) is 7.06. The van der Waals surface area contributed by atoms with Gasteiger partial charge in [-0.3, -0.25) is 9.59 Å². The summed E-state index contributed by atoms with van der Waals surface area (Å²) in [5, 5.41) is 21.3. The molecular weight excluding hydrogens is 569 g/mol. The second-order valence-corrected chi connectivity index (χ2v) is 10.9. The van der Waals surface area contributed by atoms with Crippen molar-refractivity contribution in [1.29, 1.82) is 0 Å². The third-order valence-electron chi connectivity index (χ3n) is 7.59. The molecule has 0 radical (unpaired) electrons. The lowest BCUT2D eigenvalue weighted by Crippen LogP contribution is -2.42. The molecule has 1 aliphatic rings. The molecule has 4 aromatic rings. The van der Waals surface area contributed by atoms with Crippen LogP contribution in [0.4, 0.5) is 4.39 Å². The molecule has 0 spiro atoms. The smallest absolute Gasteiger partial charge is 0.196 e. The van der Waals surface area contributed by atoms with Gasteiger partial charge in [-0.05, 0) is 79.9 Å². The van der Waals surface area contributed by atoms with Crippen LogP contribution >= 0.6 is 11.6 Å². The van der Waals surface area contributed by atoms with E-state index in [4.69, 9.17) is 16.3 Å². The minimum Gasteiger partial charge on any atom is -0.507 e. The number of methoxy groups -OCH3 is 1. The van der Waals surface area contributed by atoms with Gasteiger partial charge < -0.3 is 19.8 Å². The molecule has 0 unspecified atom stereocenters. The number of nitrogens with zero attached hydrogens (tertiary/aromatic N) is 1. The fraction of sp³-hybridized carbons (Fsp3) is 0.257. The quantitative estimate of drug-likeness (QED) is 0.199. The van der Waals surface area contributed by atoms with Gasteiger partial charge in [0.1, 0.15) is 17.3 Å². The molecule has 0 saturated carbocycles. The monoisotopic (exact) mass is 603 g/mol. The molecule has 0 atom stereocenters. The number of halogens is 2. The molecule has 43 heavy (non-hydrogen) atoms. The molecule has 0 bridgehead atoms. The summed E-state index contributed by atoms with van der Waals surface area (Å²) in [4.78, 5) is 26.5. The maximum Gasteiger partial charge on any atom is 0.196 e. The van der Waals surface area contributed by atoms with Gasteiger partial charge in [0.2, 0.25) is 0 Å². The number of likely N-dealkylation sites (tertiary alicyclic amines) is 1. The van der Waals surface area contributed by atoms with Crippen molar-refractivity contribution in [3.8, 4) is 11.5 Å². The number of hydrogen-bond acceptors (Lipinski definition) is 6. The molecule has 0 aromatic heterocycles. The van der Waals surface area contributed by atoms with Gasteiger partial charge in [0.15, 0.2) is 11.6 Å². The Morgan fingerprint density at radius 1 is 0.907 bits per heavy atom. The number of phenols is 1. The Morgan fingerprint density at radius 3 is 2.16 bits per heavy atom. The number of carbonyl (C=O) groups is 2. The van der Waals surface area contributed by atoms with Crippen molar-refractivity contribution in [2.45, 2.75) is 31.3 Å². The van der Waals surface area contributed by atoms with Crippen molar-refractivity contribution in [2.75, 3.05) is 26.7 Å². The summed E-state index contributed by atoms with van der Waals surface area (Å²) >= 11 is 5.92. The van der Waals surface area contributed by atoms with E-state index < -0.39 is 5.60 Å². The zero-order chi connectivity index (χ0) is 30.8. The molecule has 6 nitrogen and oxygen atoms in total. The van der Waals surface area contributed by atoms with Crippen LogP contribution in [0.1, 0.15) is 57.5 Å². The number of rotatable bonds is 9. The number of Topliss-reactive ketones (excluding diaryl/α,β-unsaturated/α-hetero) is 1. The van der Waals surface area contributed by atoms with E-state index in [0.29, 0.717) is 41.2 Å². The van der Waals surface area contributed by atoms with E-state index in [9.17, 15) is 24.2 Å². The van der Waals surface area contributed by atoms with E-state index >= 15 is 0 Å². The van der Waals surface area contributed by atoms with E-state index in [2.05, 4.69) is 4.90 Å². The Hall–Kier alpha value is -4.04. The van der Waals surface area contributed by atoms with Crippen LogP contribution in [0, 0.1) is 5.82 Å². The van der Waals surface area contributed by atoms with Gasteiger partial charge in [-0.25, -0.2) is 4.39 Å². The number of carbonyl (C=O) groups excluding carboxylic acids is 2.